The highest BCUT2D eigenvalue weighted by atomic mass is 35.5. The molecule has 3 aromatic rings. The minimum absolute atomic E-state index is 0.0714. The van der Waals surface area contributed by atoms with Crippen molar-refractivity contribution in [2.75, 3.05) is 44.2 Å². The number of rotatable bonds is 8. The summed E-state index contributed by atoms with van der Waals surface area (Å²) in [7, 11) is 0. The predicted molar refractivity (Wildman–Crippen MR) is 150 cm³/mol. The Labute approximate surface area is 232 Å². The van der Waals surface area contributed by atoms with Crippen LogP contribution in [0.1, 0.15) is 40.0 Å². The molecular formula is C29H30Cl2N4O3. The van der Waals surface area contributed by atoms with E-state index in [2.05, 4.69) is 21.2 Å². The van der Waals surface area contributed by atoms with Gasteiger partial charge in [0.25, 0.3) is 5.91 Å². The van der Waals surface area contributed by atoms with Crippen LogP contribution in [0.15, 0.2) is 66.7 Å². The smallest absolute Gasteiger partial charge is 0.251 e. The Bertz CT molecular complexity index is 1320. The van der Waals surface area contributed by atoms with Crippen molar-refractivity contribution < 1.29 is 15.0 Å². The van der Waals surface area contributed by atoms with Crippen LogP contribution in [0, 0.1) is 11.3 Å². The molecule has 0 aliphatic carbocycles. The van der Waals surface area contributed by atoms with Crippen LogP contribution in [-0.2, 0) is 5.60 Å². The molecule has 0 bridgehead atoms. The predicted octanol–water partition coefficient (Wildman–Crippen LogP) is 4.36. The fourth-order valence-electron chi connectivity index (χ4n) is 4.84. The van der Waals surface area contributed by atoms with Crippen LogP contribution in [0.3, 0.4) is 0 Å². The SMILES string of the molecule is C[C@@](O)(CN1CCN(c2ccc(C#N)cc2Cl)[C@H](c2ccc(Cl)cc2)C1)c1cccc(C(=O)NCCO)c1. The molecule has 7 nitrogen and oxygen atoms in total. The van der Waals surface area contributed by atoms with Crippen LogP contribution >= 0.6 is 23.2 Å². The average Bonchev–Trinajstić information content (AvgIpc) is 2.92. The molecular weight excluding hydrogens is 523 g/mol. The quantitative estimate of drug-likeness (QED) is 0.384. The summed E-state index contributed by atoms with van der Waals surface area (Å²) in [4.78, 5) is 16.8. The molecule has 38 heavy (non-hydrogen) atoms. The number of halogens is 2. The minimum atomic E-state index is -1.22. The molecule has 9 heteroatoms. The molecule has 1 saturated heterocycles. The largest absolute Gasteiger partial charge is 0.395 e. The van der Waals surface area contributed by atoms with Gasteiger partial charge in [0.05, 0.1) is 40.6 Å². The molecule has 0 spiro atoms. The molecule has 0 saturated carbocycles. The van der Waals surface area contributed by atoms with Crippen molar-refractivity contribution in [3.63, 3.8) is 0 Å². The number of piperazine rings is 1. The zero-order chi connectivity index (χ0) is 27.3. The first-order valence-electron chi connectivity index (χ1n) is 12.4. The van der Waals surface area contributed by atoms with Crippen molar-refractivity contribution in [2.24, 2.45) is 0 Å². The molecule has 1 heterocycles. The standard InChI is InChI=1S/C29H30Cl2N4O3/c1-29(38,23-4-2-3-22(16-23)28(37)33-11-14-36)19-34-12-13-35(26-10-5-20(17-32)15-25(26)31)27(18-34)21-6-8-24(30)9-7-21/h2-10,15-16,27,36,38H,11-14,18-19H2,1H3,(H,33,37)/t27-,29+/m0/s1. The number of benzene rings is 3. The lowest BCUT2D eigenvalue weighted by Gasteiger charge is -2.45. The maximum Gasteiger partial charge on any atom is 0.251 e. The Hall–Kier alpha value is -3.12. The van der Waals surface area contributed by atoms with Gasteiger partial charge in [0.2, 0.25) is 0 Å². The highest BCUT2D eigenvalue weighted by Gasteiger charge is 2.34. The highest BCUT2D eigenvalue weighted by Crippen LogP contribution is 2.37. The van der Waals surface area contributed by atoms with E-state index in [1.807, 2.05) is 36.4 Å². The summed E-state index contributed by atoms with van der Waals surface area (Å²) in [5.41, 5.74) is 2.25. The van der Waals surface area contributed by atoms with Crippen molar-refractivity contribution >= 4 is 34.8 Å². The second-order valence-corrected chi connectivity index (χ2v) is 10.5. The van der Waals surface area contributed by atoms with E-state index in [0.29, 0.717) is 52.9 Å². The van der Waals surface area contributed by atoms with E-state index in [1.54, 1.807) is 37.3 Å². The first-order chi connectivity index (χ1) is 18.2. The van der Waals surface area contributed by atoms with Gasteiger partial charge < -0.3 is 20.4 Å². The average molecular weight is 553 g/mol. The molecule has 0 radical (unpaired) electrons. The summed E-state index contributed by atoms with van der Waals surface area (Å²) in [6.07, 6.45) is 0. The summed E-state index contributed by atoms with van der Waals surface area (Å²) in [6, 6.07) is 22.0. The molecule has 3 N–H and O–H groups in total. The fraction of sp³-hybridized carbons (Fsp3) is 0.310. The number of carbonyl (C=O) groups excluding carboxylic acids is 1. The van der Waals surface area contributed by atoms with Gasteiger partial charge in [-0.15, -0.1) is 0 Å². The maximum atomic E-state index is 12.4. The Morgan fingerprint density at radius 3 is 2.58 bits per heavy atom. The van der Waals surface area contributed by atoms with E-state index in [-0.39, 0.29) is 25.1 Å². The lowest BCUT2D eigenvalue weighted by atomic mass is 9.92. The van der Waals surface area contributed by atoms with E-state index < -0.39 is 5.60 Å². The molecule has 3 aromatic carbocycles. The second kappa shape index (κ2) is 12.2. The monoisotopic (exact) mass is 552 g/mol. The lowest BCUT2D eigenvalue weighted by Crippen LogP contribution is -2.52. The van der Waals surface area contributed by atoms with Crippen LogP contribution < -0.4 is 10.2 Å². The third-order valence-electron chi connectivity index (χ3n) is 6.78. The Morgan fingerprint density at radius 2 is 1.89 bits per heavy atom. The third-order valence-corrected chi connectivity index (χ3v) is 7.34. The van der Waals surface area contributed by atoms with Gasteiger partial charge in [-0.25, -0.2) is 0 Å². The van der Waals surface area contributed by atoms with Gasteiger partial charge in [-0.3, -0.25) is 9.69 Å². The molecule has 1 aliphatic heterocycles. The Morgan fingerprint density at radius 1 is 1.13 bits per heavy atom. The summed E-state index contributed by atoms with van der Waals surface area (Å²) in [6.45, 7) is 4.07. The van der Waals surface area contributed by atoms with Crippen LogP contribution in [0.2, 0.25) is 10.0 Å². The van der Waals surface area contributed by atoms with Crippen LogP contribution in [0.25, 0.3) is 0 Å². The number of amides is 1. The number of nitriles is 1. The number of β-amino-alcohol motifs (C(OH)–C–C–N with tert-alkyl or cyclic N) is 1. The zero-order valence-electron chi connectivity index (χ0n) is 21.1. The van der Waals surface area contributed by atoms with E-state index >= 15 is 0 Å². The Kier molecular flexibility index (Phi) is 8.93. The first kappa shape index (κ1) is 27.9. The number of nitrogens with one attached hydrogen (secondary N) is 1. The normalized spacial score (nSPS) is 17.5. The van der Waals surface area contributed by atoms with Gasteiger partial charge in [0.1, 0.15) is 0 Å². The van der Waals surface area contributed by atoms with Gasteiger partial charge in [0.15, 0.2) is 0 Å². The molecule has 1 aliphatic rings. The van der Waals surface area contributed by atoms with E-state index in [9.17, 15) is 15.2 Å². The number of aliphatic hydroxyl groups excluding tert-OH is 1. The van der Waals surface area contributed by atoms with Crippen molar-refractivity contribution in [3.05, 3.63) is 99.0 Å². The van der Waals surface area contributed by atoms with Crippen molar-refractivity contribution in [2.45, 2.75) is 18.6 Å². The van der Waals surface area contributed by atoms with Gasteiger partial charge in [-0.1, -0.05) is 47.5 Å². The van der Waals surface area contributed by atoms with Crippen LogP contribution in [0.5, 0.6) is 0 Å². The molecule has 1 amide bonds. The van der Waals surface area contributed by atoms with E-state index in [4.69, 9.17) is 28.3 Å². The van der Waals surface area contributed by atoms with Crippen LogP contribution in [-0.4, -0.2) is 60.4 Å². The van der Waals surface area contributed by atoms with E-state index in [1.165, 1.54) is 0 Å². The molecule has 2 atom stereocenters. The first-order valence-corrected chi connectivity index (χ1v) is 13.1. The summed E-state index contributed by atoms with van der Waals surface area (Å²) >= 11 is 12.8. The summed E-state index contributed by atoms with van der Waals surface area (Å²) in [5.74, 6) is -0.299. The van der Waals surface area contributed by atoms with Crippen molar-refractivity contribution in [1.82, 2.24) is 10.2 Å². The maximum absolute atomic E-state index is 12.4. The minimum Gasteiger partial charge on any atom is -0.395 e. The fourth-order valence-corrected chi connectivity index (χ4v) is 5.26. The number of nitrogens with zero attached hydrogens (tertiary/aromatic N) is 3. The molecule has 1 fully saturated rings. The van der Waals surface area contributed by atoms with Gasteiger partial charge in [-0.05, 0) is 60.5 Å². The van der Waals surface area contributed by atoms with Crippen molar-refractivity contribution in [3.8, 4) is 6.07 Å². The van der Waals surface area contributed by atoms with Gasteiger partial charge in [0, 0.05) is 43.3 Å². The number of carbonyl (C=O) groups is 1. The number of hydrogen-bond donors (Lipinski definition) is 3. The molecule has 198 valence electrons. The topological polar surface area (TPSA) is 99.8 Å². The lowest BCUT2D eigenvalue weighted by molar-refractivity contribution is 0.0103. The van der Waals surface area contributed by atoms with Crippen molar-refractivity contribution in [1.29, 1.82) is 5.26 Å². The van der Waals surface area contributed by atoms with E-state index in [0.717, 1.165) is 11.3 Å². The van der Waals surface area contributed by atoms with Crippen LogP contribution in [0.4, 0.5) is 5.69 Å². The molecule has 0 aromatic heterocycles. The van der Waals surface area contributed by atoms with Gasteiger partial charge >= 0.3 is 0 Å². The summed E-state index contributed by atoms with van der Waals surface area (Å²) < 4.78 is 0. The van der Waals surface area contributed by atoms with Gasteiger partial charge in [-0.2, -0.15) is 5.26 Å². The Balaban J connectivity index is 1.58. The number of hydrogen-bond acceptors (Lipinski definition) is 6. The molecule has 4 rings (SSSR count). The number of anilines is 1. The third kappa shape index (κ3) is 6.47. The highest BCUT2D eigenvalue weighted by molar-refractivity contribution is 6.33. The number of aliphatic hydroxyl groups is 2. The summed E-state index contributed by atoms with van der Waals surface area (Å²) in [5, 5.41) is 33.5. The second-order valence-electron chi connectivity index (χ2n) is 9.61. The zero-order valence-corrected chi connectivity index (χ0v) is 22.6. The molecule has 0 unspecified atom stereocenters.